The molecular weight excluding hydrogens is 494 g/mol. The average molecular weight is 522 g/mol. The van der Waals surface area contributed by atoms with E-state index in [-0.39, 0.29) is 18.1 Å². The fourth-order valence-electron chi connectivity index (χ4n) is 3.91. The molecule has 1 atom stereocenters. The number of ether oxygens (including phenoxy) is 2. The second-order valence-corrected chi connectivity index (χ2v) is 9.94. The van der Waals surface area contributed by atoms with Crippen LogP contribution < -0.4 is 24.4 Å². The van der Waals surface area contributed by atoms with Crippen LogP contribution in [0.5, 0.6) is 11.5 Å². The van der Waals surface area contributed by atoms with Gasteiger partial charge in [-0.3, -0.25) is 4.79 Å². The number of rotatable bonds is 8. The van der Waals surface area contributed by atoms with Gasteiger partial charge in [0.1, 0.15) is 6.04 Å². The van der Waals surface area contributed by atoms with E-state index in [4.69, 9.17) is 9.47 Å². The molecule has 37 heavy (non-hydrogen) atoms. The molecule has 0 aliphatic carbocycles. The zero-order valence-electron chi connectivity index (χ0n) is 20.4. The van der Waals surface area contributed by atoms with E-state index in [1.807, 2.05) is 35.1 Å². The van der Waals surface area contributed by atoms with Crippen LogP contribution in [0.1, 0.15) is 18.1 Å². The Morgan fingerprint density at radius 2 is 1.70 bits per heavy atom. The second kappa shape index (κ2) is 11.2. The van der Waals surface area contributed by atoms with Crippen molar-refractivity contribution in [2.45, 2.75) is 24.3 Å². The van der Waals surface area contributed by atoms with E-state index in [1.165, 1.54) is 11.0 Å². The second-order valence-electron chi connectivity index (χ2n) is 8.29. The Balaban J connectivity index is 1.56. The molecule has 0 saturated carbocycles. The number of fused-ring (bicyclic) bond motifs is 1. The predicted octanol–water partition coefficient (Wildman–Crippen LogP) is 3.71. The highest BCUT2D eigenvalue weighted by atomic mass is 32.2. The van der Waals surface area contributed by atoms with Gasteiger partial charge in [0, 0.05) is 25.2 Å². The smallest absolute Gasteiger partial charge is 0.329 e. The number of nitrogens with zero attached hydrogens (tertiary/aromatic N) is 1. The lowest BCUT2D eigenvalue weighted by Crippen LogP contribution is -2.52. The van der Waals surface area contributed by atoms with Gasteiger partial charge in [-0.25, -0.2) is 17.9 Å². The van der Waals surface area contributed by atoms with Crippen LogP contribution >= 0.6 is 0 Å². The first-order valence-corrected chi connectivity index (χ1v) is 13.0. The predicted molar refractivity (Wildman–Crippen MR) is 140 cm³/mol. The maximum atomic E-state index is 13.5. The minimum Gasteiger partial charge on any atom is -0.454 e. The average Bonchev–Trinajstić information content (AvgIpc) is 3.36. The molecule has 10 heteroatoms. The number of carbonyl (C=O) groups is 2. The summed E-state index contributed by atoms with van der Waals surface area (Å²) >= 11 is 0. The maximum Gasteiger partial charge on any atom is 0.329 e. The summed E-state index contributed by atoms with van der Waals surface area (Å²) < 4.78 is 38.7. The quantitative estimate of drug-likeness (QED) is 0.467. The molecule has 9 nitrogen and oxygen atoms in total. The minimum absolute atomic E-state index is 0.0494. The highest BCUT2D eigenvalue weighted by molar-refractivity contribution is 7.90. The van der Waals surface area contributed by atoms with Crippen LogP contribution in [-0.4, -0.2) is 40.2 Å². The number of nitrogens with one attached hydrogen (secondary N) is 2. The standard InChI is InChI=1S/C27H27N3O6S/c1-3-9-20-12-7-8-13-25(20)37(33,34)29-27(32)28-22(16-19-10-5-4-6-11-19)26(31)30(2)21-14-15-23-24(17-21)36-18-35-23/h3-15,17,22H,16,18H2,1-2H3,(H2,28,29,32)/b9-3-/t22-/m0/s1. The van der Waals surface area contributed by atoms with Crippen LogP contribution in [0.3, 0.4) is 0 Å². The lowest BCUT2D eigenvalue weighted by molar-refractivity contribution is -0.120. The number of urea groups is 1. The van der Waals surface area contributed by atoms with Gasteiger partial charge in [-0.15, -0.1) is 0 Å². The Morgan fingerprint density at radius 1 is 1.00 bits per heavy atom. The summed E-state index contributed by atoms with van der Waals surface area (Å²) in [6.07, 6.45) is 3.49. The molecule has 0 bridgehead atoms. The van der Waals surface area contributed by atoms with E-state index >= 15 is 0 Å². The highest BCUT2D eigenvalue weighted by Gasteiger charge is 2.28. The molecule has 3 amide bonds. The number of amides is 3. The highest BCUT2D eigenvalue weighted by Crippen LogP contribution is 2.35. The zero-order chi connectivity index (χ0) is 26.4. The number of hydrogen-bond acceptors (Lipinski definition) is 6. The van der Waals surface area contributed by atoms with E-state index in [1.54, 1.807) is 62.5 Å². The molecule has 1 aliphatic rings. The van der Waals surface area contributed by atoms with Crippen molar-refractivity contribution in [2.24, 2.45) is 0 Å². The summed E-state index contributed by atoms with van der Waals surface area (Å²) in [6.45, 7) is 1.86. The van der Waals surface area contributed by atoms with Crippen LogP contribution in [0.2, 0.25) is 0 Å². The molecule has 0 saturated heterocycles. The van der Waals surface area contributed by atoms with E-state index in [9.17, 15) is 18.0 Å². The van der Waals surface area contributed by atoms with Crippen molar-refractivity contribution in [3.8, 4) is 11.5 Å². The SMILES string of the molecule is C/C=C\c1ccccc1S(=O)(=O)NC(=O)N[C@@H](Cc1ccccc1)C(=O)N(C)c1ccc2c(c1)OCO2. The summed E-state index contributed by atoms with van der Waals surface area (Å²) in [5.74, 6) is 0.643. The normalized spacial score (nSPS) is 13.2. The Labute approximate surface area is 215 Å². The van der Waals surface area contributed by atoms with Crippen molar-refractivity contribution in [1.82, 2.24) is 10.0 Å². The van der Waals surface area contributed by atoms with E-state index in [2.05, 4.69) is 5.32 Å². The minimum atomic E-state index is -4.20. The molecule has 1 aliphatic heterocycles. The van der Waals surface area contributed by atoms with E-state index in [0.717, 1.165) is 5.56 Å². The Morgan fingerprint density at radius 3 is 2.46 bits per heavy atom. The summed E-state index contributed by atoms with van der Waals surface area (Å²) in [7, 11) is -2.63. The third-order valence-corrected chi connectivity index (χ3v) is 7.15. The first kappa shape index (κ1) is 25.8. The number of carbonyl (C=O) groups excluding carboxylic acids is 2. The molecular formula is C27H27N3O6S. The number of likely N-dealkylation sites (N-methyl/N-ethyl adjacent to an activating group) is 1. The van der Waals surface area contributed by atoms with Crippen LogP contribution in [0, 0.1) is 0 Å². The maximum absolute atomic E-state index is 13.5. The lowest BCUT2D eigenvalue weighted by Gasteiger charge is -2.25. The van der Waals surface area contributed by atoms with Crippen molar-refractivity contribution < 1.29 is 27.5 Å². The monoisotopic (exact) mass is 521 g/mol. The molecule has 3 aromatic carbocycles. The van der Waals surface area contributed by atoms with Gasteiger partial charge in [-0.1, -0.05) is 60.7 Å². The largest absolute Gasteiger partial charge is 0.454 e. The molecule has 0 spiro atoms. The third-order valence-electron chi connectivity index (χ3n) is 5.74. The van der Waals surface area contributed by atoms with E-state index in [0.29, 0.717) is 22.7 Å². The Bertz CT molecular complexity index is 1420. The van der Waals surface area contributed by atoms with Crippen LogP contribution in [0.15, 0.2) is 83.8 Å². The van der Waals surface area contributed by atoms with Gasteiger partial charge < -0.3 is 19.7 Å². The van der Waals surface area contributed by atoms with Gasteiger partial charge in [0.25, 0.3) is 10.0 Å². The molecule has 0 aromatic heterocycles. The van der Waals surface area contributed by atoms with Gasteiger partial charge in [0.05, 0.1) is 4.90 Å². The number of allylic oxidation sites excluding steroid dienone is 1. The van der Waals surface area contributed by atoms with Crippen molar-refractivity contribution in [2.75, 3.05) is 18.7 Å². The van der Waals surface area contributed by atoms with Crippen LogP contribution in [0.4, 0.5) is 10.5 Å². The van der Waals surface area contributed by atoms with Crippen molar-refractivity contribution >= 4 is 33.7 Å². The third kappa shape index (κ3) is 6.10. The van der Waals surface area contributed by atoms with Crippen LogP contribution in [-0.2, 0) is 21.2 Å². The summed E-state index contributed by atoms with van der Waals surface area (Å²) in [6, 6.07) is 18.4. The summed E-state index contributed by atoms with van der Waals surface area (Å²) in [5.41, 5.74) is 1.76. The van der Waals surface area contributed by atoms with Crippen molar-refractivity contribution in [3.63, 3.8) is 0 Å². The van der Waals surface area contributed by atoms with Gasteiger partial charge in [-0.2, -0.15) is 0 Å². The first-order chi connectivity index (χ1) is 17.8. The van der Waals surface area contributed by atoms with Gasteiger partial charge >= 0.3 is 6.03 Å². The summed E-state index contributed by atoms with van der Waals surface area (Å²) in [5, 5.41) is 2.55. The molecule has 0 unspecified atom stereocenters. The number of sulfonamides is 1. The fraction of sp³-hybridized carbons (Fsp3) is 0.185. The zero-order valence-corrected chi connectivity index (χ0v) is 21.2. The fourth-order valence-corrected chi connectivity index (χ4v) is 5.03. The van der Waals surface area contributed by atoms with Gasteiger partial charge in [0.15, 0.2) is 11.5 Å². The molecule has 2 N–H and O–H groups in total. The first-order valence-electron chi connectivity index (χ1n) is 11.5. The van der Waals surface area contributed by atoms with Crippen LogP contribution in [0.25, 0.3) is 6.08 Å². The number of hydrogen-bond donors (Lipinski definition) is 2. The molecule has 4 rings (SSSR count). The lowest BCUT2D eigenvalue weighted by atomic mass is 10.0. The Kier molecular flexibility index (Phi) is 7.78. The molecule has 192 valence electrons. The number of anilines is 1. The summed E-state index contributed by atoms with van der Waals surface area (Å²) in [4.78, 5) is 27.7. The molecule has 0 radical (unpaired) electrons. The van der Waals surface area contributed by atoms with Gasteiger partial charge in [0.2, 0.25) is 12.7 Å². The molecule has 1 heterocycles. The van der Waals surface area contributed by atoms with Crippen molar-refractivity contribution in [1.29, 1.82) is 0 Å². The molecule has 3 aromatic rings. The van der Waals surface area contributed by atoms with Gasteiger partial charge in [-0.05, 0) is 36.2 Å². The topological polar surface area (TPSA) is 114 Å². The number of benzene rings is 3. The van der Waals surface area contributed by atoms with Crippen molar-refractivity contribution in [3.05, 3.63) is 90.0 Å². The Hall–Kier alpha value is -4.31. The van der Waals surface area contributed by atoms with E-state index < -0.39 is 28.0 Å². The molecule has 0 fully saturated rings.